The first-order chi connectivity index (χ1) is 4.79. The summed E-state index contributed by atoms with van der Waals surface area (Å²) < 4.78 is 4.97. The summed E-state index contributed by atoms with van der Waals surface area (Å²) in [6, 6.07) is 9.21. The summed E-state index contributed by atoms with van der Waals surface area (Å²) in [7, 11) is 0. The van der Waals surface area contributed by atoms with Gasteiger partial charge in [-0.05, 0) is 12.1 Å². The fraction of sp³-hybridized carbons (Fsp3) is 0.143. The summed E-state index contributed by atoms with van der Waals surface area (Å²) in [4.78, 5) is 0. The van der Waals surface area contributed by atoms with Gasteiger partial charge in [-0.25, -0.2) is 0 Å². The van der Waals surface area contributed by atoms with Gasteiger partial charge >= 0.3 is 0 Å². The van der Waals surface area contributed by atoms with Crippen molar-refractivity contribution in [2.75, 3.05) is 0 Å². The molecule has 0 bridgehead atoms. The molecular weight excluding hydrogens is 128 g/mol. The van der Waals surface area contributed by atoms with Crippen molar-refractivity contribution in [1.29, 1.82) is 0 Å². The van der Waals surface area contributed by atoms with Crippen molar-refractivity contribution < 1.29 is 4.74 Å². The molecular formula is C7H10N2O. The van der Waals surface area contributed by atoms with Crippen molar-refractivity contribution in [3.05, 3.63) is 30.3 Å². The molecule has 3 heteroatoms. The van der Waals surface area contributed by atoms with Gasteiger partial charge in [0.25, 0.3) is 0 Å². The normalized spacial score (nSPS) is 9.90. The molecule has 0 aromatic heterocycles. The fourth-order valence-corrected chi connectivity index (χ4v) is 0.656. The lowest BCUT2D eigenvalue weighted by Gasteiger charge is -2.07. The molecule has 0 fully saturated rings. The summed E-state index contributed by atoms with van der Waals surface area (Å²) in [5.74, 6) is 0.692. The van der Waals surface area contributed by atoms with Gasteiger partial charge in [0.15, 0.2) is 0 Å². The van der Waals surface area contributed by atoms with Gasteiger partial charge in [-0.15, -0.1) is 0 Å². The SMILES string of the molecule is NC(N)Oc1ccccc1. The molecule has 0 amide bonds. The molecule has 0 aliphatic heterocycles. The molecule has 0 heterocycles. The molecule has 0 saturated carbocycles. The summed E-state index contributed by atoms with van der Waals surface area (Å²) in [6.07, 6.45) is -0.734. The predicted octanol–water partition coefficient (Wildman–Crippen LogP) is 0.266. The maximum absolute atomic E-state index is 5.18. The van der Waals surface area contributed by atoms with E-state index in [1.54, 1.807) is 12.1 Å². The van der Waals surface area contributed by atoms with Crippen molar-refractivity contribution in [1.82, 2.24) is 0 Å². The second kappa shape index (κ2) is 3.20. The number of para-hydroxylation sites is 1. The van der Waals surface area contributed by atoms with E-state index in [-0.39, 0.29) is 0 Å². The first-order valence-corrected chi connectivity index (χ1v) is 3.02. The second-order valence-electron chi connectivity index (χ2n) is 1.90. The van der Waals surface area contributed by atoms with E-state index >= 15 is 0 Å². The lowest BCUT2D eigenvalue weighted by Crippen LogP contribution is -2.36. The Morgan fingerprint density at radius 2 is 1.70 bits per heavy atom. The first kappa shape index (κ1) is 7.05. The minimum absolute atomic E-state index is 0.692. The van der Waals surface area contributed by atoms with Crippen LogP contribution < -0.4 is 16.2 Å². The van der Waals surface area contributed by atoms with Gasteiger partial charge in [-0.2, -0.15) is 0 Å². The van der Waals surface area contributed by atoms with Crippen molar-refractivity contribution in [3.63, 3.8) is 0 Å². The number of hydrogen-bond donors (Lipinski definition) is 2. The van der Waals surface area contributed by atoms with E-state index in [0.29, 0.717) is 5.75 Å². The summed E-state index contributed by atoms with van der Waals surface area (Å²) in [6.45, 7) is 0. The van der Waals surface area contributed by atoms with Crippen LogP contribution >= 0.6 is 0 Å². The van der Waals surface area contributed by atoms with E-state index in [2.05, 4.69) is 0 Å². The molecule has 4 N–H and O–H groups in total. The second-order valence-corrected chi connectivity index (χ2v) is 1.90. The van der Waals surface area contributed by atoms with Gasteiger partial charge < -0.3 is 4.74 Å². The highest BCUT2D eigenvalue weighted by Crippen LogP contribution is 2.07. The van der Waals surface area contributed by atoms with E-state index in [1.807, 2.05) is 18.2 Å². The minimum Gasteiger partial charge on any atom is -0.463 e. The quantitative estimate of drug-likeness (QED) is 0.576. The molecule has 0 radical (unpaired) electrons. The number of ether oxygens (including phenoxy) is 1. The third-order valence-electron chi connectivity index (χ3n) is 1.02. The van der Waals surface area contributed by atoms with Crippen molar-refractivity contribution in [2.24, 2.45) is 11.5 Å². The Labute approximate surface area is 59.6 Å². The number of benzene rings is 1. The van der Waals surface area contributed by atoms with Crippen LogP contribution in [0, 0.1) is 0 Å². The van der Waals surface area contributed by atoms with Crippen LogP contribution in [0.15, 0.2) is 30.3 Å². The molecule has 1 aromatic rings. The topological polar surface area (TPSA) is 61.3 Å². The highest BCUT2D eigenvalue weighted by Gasteiger charge is 1.93. The third-order valence-corrected chi connectivity index (χ3v) is 1.02. The Kier molecular flexibility index (Phi) is 2.25. The average Bonchev–Trinajstić information content (AvgIpc) is 1.88. The summed E-state index contributed by atoms with van der Waals surface area (Å²) >= 11 is 0. The van der Waals surface area contributed by atoms with Gasteiger partial charge in [-0.3, -0.25) is 11.5 Å². The van der Waals surface area contributed by atoms with Crippen LogP contribution in [0.25, 0.3) is 0 Å². The molecule has 0 saturated heterocycles. The standard InChI is InChI=1S/C7H10N2O/c8-7(9)10-6-4-2-1-3-5-6/h1-5,7H,8-9H2. The fourth-order valence-electron chi connectivity index (χ4n) is 0.656. The largest absolute Gasteiger partial charge is 0.463 e. The Morgan fingerprint density at radius 3 is 2.20 bits per heavy atom. The van der Waals surface area contributed by atoms with E-state index < -0.39 is 6.35 Å². The van der Waals surface area contributed by atoms with Crippen LogP contribution in [0.2, 0.25) is 0 Å². The Morgan fingerprint density at radius 1 is 1.10 bits per heavy atom. The molecule has 10 heavy (non-hydrogen) atoms. The predicted molar refractivity (Wildman–Crippen MR) is 39.2 cm³/mol. The highest BCUT2D eigenvalue weighted by molar-refractivity contribution is 5.20. The van der Waals surface area contributed by atoms with Crippen LogP contribution in [0.5, 0.6) is 5.75 Å². The molecule has 1 aromatic carbocycles. The van der Waals surface area contributed by atoms with E-state index in [4.69, 9.17) is 16.2 Å². The smallest absolute Gasteiger partial charge is 0.201 e. The molecule has 0 unspecified atom stereocenters. The first-order valence-electron chi connectivity index (χ1n) is 3.02. The van der Waals surface area contributed by atoms with Crippen molar-refractivity contribution >= 4 is 0 Å². The highest BCUT2D eigenvalue weighted by atomic mass is 16.5. The van der Waals surface area contributed by atoms with E-state index in [1.165, 1.54) is 0 Å². The summed E-state index contributed by atoms with van der Waals surface area (Å²) in [5, 5.41) is 0. The van der Waals surface area contributed by atoms with Crippen molar-refractivity contribution in [3.8, 4) is 5.75 Å². The zero-order valence-corrected chi connectivity index (χ0v) is 5.53. The van der Waals surface area contributed by atoms with Gasteiger partial charge in [0.05, 0.1) is 0 Å². The minimum atomic E-state index is -0.734. The average molecular weight is 138 g/mol. The van der Waals surface area contributed by atoms with Crippen LogP contribution in [0.1, 0.15) is 0 Å². The summed E-state index contributed by atoms with van der Waals surface area (Å²) in [5.41, 5.74) is 10.4. The van der Waals surface area contributed by atoms with Crippen LogP contribution in [0.3, 0.4) is 0 Å². The number of nitrogens with two attached hydrogens (primary N) is 2. The number of rotatable bonds is 2. The Hall–Kier alpha value is -1.06. The van der Waals surface area contributed by atoms with Gasteiger partial charge in [0.1, 0.15) is 5.75 Å². The third kappa shape index (κ3) is 2.05. The van der Waals surface area contributed by atoms with E-state index in [9.17, 15) is 0 Å². The molecule has 54 valence electrons. The molecule has 0 aliphatic rings. The maximum atomic E-state index is 5.18. The van der Waals surface area contributed by atoms with Crippen LogP contribution in [0.4, 0.5) is 0 Å². The monoisotopic (exact) mass is 138 g/mol. The lowest BCUT2D eigenvalue weighted by atomic mass is 10.3. The van der Waals surface area contributed by atoms with E-state index in [0.717, 1.165) is 0 Å². The van der Waals surface area contributed by atoms with Gasteiger partial charge in [0.2, 0.25) is 6.35 Å². The van der Waals surface area contributed by atoms with Gasteiger partial charge in [-0.1, -0.05) is 18.2 Å². The number of hydrogen-bond acceptors (Lipinski definition) is 3. The molecule has 0 aliphatic carbocycles. The molecule has 1 rings (SSSR count). The molecule has 0 spiro atoms. The van der Waals surface area contributed by atoms with Crippen LogP contribution in [-0.4, -0.2) is 6.35 Å². The zero-order valence-electron chi connectivity index (χ0n) is 5.53. The Balaban J connectivity index is 2.59. The molecule has 3 nitrogen and oxygen atoms in total. The van der Waals surface area contributed by atoms with Crippen molar-refractivity contribution in [2.45, 2.75) is 6.35 Å². The molecule has 0 atom stereocenters. The zero-order chi connectivity index (χ0) is 7.40. The maximum Gasteiger partial charge on any atom is 0.201 e. The van der Waals surface area contributed by atoms with Crippen LogP contribution in [-0.2, 0) is 0 Å². The Bertz CT molecular complexity index is 186. The lowest BCUT2D eigenvalue weighted by molar-refractivity contribution is 0.217. The van der Waals surface area contributed by atoms with Gasteiger partial charge in [0, 0.05) is 0 Å².